The number of allylic oxidation sites excluding steroid dienone is 2. The fraction of sp³-hybridized carbons (Fsp3) is 0.875. The molecule has 15 nitrogen and oxygen atoms in total. The minimum atomic E-state index is -0.869. The van der Waals surface area contributed by atoms with Crippen LogP contribution in [0.2, 0.25) is 0 Å². The zero-order chi connectivity index (χ0) is 39.5. The van der Waals surface area contributed by atoms with Crippen molar-refractivity contribution in [2.45, 2.75) is 89.9 Å². The number of aliphatic hydroxyl groups is 1. The number of nitriles is 1. The maximum atomic E-state index is 12.5. The van der Waals surface area contributed by atoms with E-state index in [4.69, 9.17) is 57.2 Å². The zero-order valence-corrected chi connectivity index (χ0v) is 33.3. The summed E-state index contributed by atoms with van der Waals surface area (Å²) in [4.78, 5) is 24.7. The van der Waals surface area contributed by atoms with Gasteiger partial charge in [0, 0.05) is 56.5 Å². The number of rotatable bonds is 38. The number of aliphatic hydroxyl groups excluding tert-OH is 1. The van der Waals surface area contributed by atoms with Gasteiger partial charge in [-0.2, -0.15) is 5.26 Å². The number of carbonyl (C=O) groups excluding carboxylic acids is 2. The van der Waals surface area contributed by atoms with Gasteiger partial charge in [0.25, 0.3) is 0 Å². The summed E-state index contributed by atoms with van der Waals surface area (Å²) in [6.07, 6.45) is 9.15. The van der Waals surface area contributed by atoms with Crippen LogP contribution in [0.25, 0.3) is 0 Å². The first-order valence-electron chi connectivity index (χ1n) is 20.2. The summed E-state index contributed by atoms with van der Waals surface area (Å²) in [7, 11) is 0. The minimum absolute atomic E-state index is 0.0775. The maximum absolute atomic E-state index is 12.5. The molecule has 3 fully saturated rings. The number of esters is 2. The number of epoxide rings is 3. The second-order valence-corrected chi connectivity index (χ2v) is 14.7. The van der Waals surface area contributed by atoms with Crippen molar-refractivity contribution in [1.29, 1.82) is 5.26 Å². The molecule has 1 N–H and O–H groups in total. The van der Waals surface area contributed by atoms with E-state index in [2.05, 4.69) is 13.8 Å². The summed E-state index contributed by atoms with van der Waals surface area (Å²) >= 11 is 0. The Morgan fingerprint density at radius 1 is 0.691 bits per heavy atom. The molecule has 3 aliphatic heterocycles. The lowest BCUT2D eigenvalue weighted by Crippen LogP contribution is -2.38. The number of ether oxygens (including phenoxy) is 11. The van der Waals surface area contributed by atoms with Crippen molar-refractivity contribution in [2.75, 3.05) is 119 Å². The first-order chi connectivity index (χ1) is 26.9. The quantitative estimate of drug-likeness (QED) is 0.0414. The molecule has 3 aliphatic rings. The molecule has 55 heavy (non-hydrogen) atoms. The normalized spacial score (nSPS) is 21.4. The molecule has 0 aromatic rings. The van der Waals surface area contributed by atoms with Crippen LogP contribution in [0.15, 0.2) is 12.2 Å². The van der Waals surface area contributed by atoms with Gasteiger partial charge in [-0.3, -0.25) is 9.59 Å². The van der Waals surface area contributed by atoms with Gasteiger partial charge in [-0.15, -0.1) is 0 Å². The van der Waals surface area contributed by atoms with Crippen molar-refractivity contribution in [1.82, 2.24) is 0 Å². The van der Waals surface area contributed by atoms with Gasteiger partial charge < -0.3 is 57.2 Å². The molecule has 3 saturated heterocycles. The monoisotopic (exact) mass is 785 g/mol. The van der Waals surface area contributed by atoms with Crippen molar-refractivity contribution in [3.8, 4) is 6.07 Å². The molecule has 316 valence electrons. The molecule has 5 unspecified atom stereocenters. The standard InChI is InChI=1S/C40H67NO14/c1-3-39(27-45-15-9-14-42,30-48-21-34-24-53-34)28-47-17-11-19-52-38(44)33(20-41)12-7-5-6-8-13-37(43)51-18-10-16-46-29-40(4-2,31-49-22-35-25-54-35)32-50-23-36-26-55-36/h5-6,33-36,42H,3-4,7-19,21-32H2,1-2H3. The average molecular weight is 786 g/mol. The van der Waals surface area contributed by atoms with Gasteiger partial charge in [0.15, 0.2) is 0 Å². The van der Waals surface area contributed by atoms with Crippen molar-refractivity contribution in [3.05, 3.63) is 12.2 Å². The molecule has 0 saturated carbocycles. The highest BCUT2D eigenvalue weighted by atomic mass is 16.6. The summed E-state index contributed by atoms with van der Waals surface area (Å²) in [5.74, 6) is -1.70. The predicted octanol–water partition coefficient (Wildman–Crippen LogP) is 3.58. The first kappa shape index (κ1) is 47.1. The third kappa shape index (κ3) is 22.3. The summed E-state index contributed by atoms with van der Waals surface area (Å²) in [5, 5.41) is 18.5. The van der Waals surface area contributed by atoms with Crippen LogP contribution in [0.4, 0.5) is 0 Å². The molecule has 0 spiro atoms. The van der Waals surface area contributed by atoms with Crippen LogP contribution in [0.1, 0.15) is 71.6 Å². The fourth-order valence-electron chi connectivity index (χ4n) is 5.40. The topological polar surface area (TPSA) is 190 Å². The van der Waals surface area contributed by atoms with Crippen molar-refractivity contribution in [2.24, 2.45) is 16.7 Å². The van der Waals surface area contributed by atoms with Gasteiger partial charge in [-0.25, -0.2) is 0 Å². The van der Waals surface area contributed by atoms with Crippen LogP contribution < -0.4 is 0 Å². The highest BCUT2D eigenvalue weighted by Crippen LogP contribution is 2.27. The van der Waals surface area contributed by atoms with E-state index in [1.807, 2.05) is 18.2 Å². The lowest BCUT2D eigenvalue weighted by molar-refractivity contribution is -0.147. The Bertz CT molecular complexity index is 1090. The third-order valence-electron chi connectivity index (χ3n) is 9.63. The molecule has 5 atom stereocenters. The lowest BCUT2D eigenvalue weighted by Gasteiger charge is -2.32. The fourth-order valence-corrected chi connectivity index (χ4v) is 5.40. The largest absolute Gasteiger partial charge is 0.466 e. The number of hydrogen-bond donors (Lipinski definition) is 1. The zero-order valence-electron chi connectivity index (χ0n) is 33.3. The molecular weight excluding hydrogens is 718 g/mol. The minimum Gasteiger partial charge on any atom is -0.466 e. The van der Waals surface area contributed by atoms with Crippen molar-refractivity contribution >= 4 is 11.9 Å². The Balaban J connectivity index is 1.19. The number of hydrogen-bond acceptors (Lipinski definition) is 15. The highest BCUT2D eigenvalue weighted by molar-refractivity contribution is 5.75. The Labute approximate surface area is 327 Å². The van der Waals surface area contributed by atoms with Crippen LogP contribution >= 0.6 is 0 Å². The Hall–Kier alpha value is -2.23. The van der Waals surface area contributed by atoms with E-state index in [0.717, 1.165) is 32.7 Å². The third-order valence-corrected chi connectivity index (χ3v) is 9.63. The molecule has 3 heterocycles. The molecule has 0 aromatic heterocycles. The average Bonchev–Trinajstić information content (AvgIpc) is 4.03. The van der Waals surface area contributed by atoms with E-state index in [9.17, 15) is 14.9 Å². The molecular formula is C40H67NO14. The SMILES string of the molecule is CCC(COCCCO)(COCCCOC(=O)C(C#N)CCC=CCCC(=O)OCCCOCC(CC)(COCC1CO1)COCC1CO1)COCC1CO1. The number of carbonyl (C=O) groups is 2. The van der Waals surface area contributed by atoms with Crippen LogP contribution in [0.3, 0.4) is 0 Å². The Kier molecular flexibility index (Phi) is 24.2. The smallest absolute Gasteiger partial charge is 0.323 e. The molecule has 0 aromatic carbocycles. The van der Waals surface area contributed by atoms with E-state index < -0.39 is 11.9 Å². The summed E-state index contributed by atoms with van der Waals surface area (Å²) in [5.41, 5.74) is -0.595. The van der Waals surface area contributed by atoms with E-state index in [0.29, 0.717) is 118 Å². The van der Waals surface area contributed by atoms with Crippen LogP contribution in [-0.4, -0.2) is 154 Å². The predicted molar refractivity (Wildman–Crippen MR) is 199 cm³/mol. The Morgan fingerprint density at radius 2 is 1.13 bits per heavy atom. The highest BCUT2D eigenvalue weighted by Gasteiger charge is 2.34. The molecule has 0 bridgehead atoms. The van der Waals surface area contributed by atoms with Crippen LogP contribution in [0, 0.1) is 28.1 Å². The van der Waals surface area contributed by atoms with Gasteiger partial charge in [-0.05, 0) is 38.5 Å². The summed E-state index contributed by atoms with van der Waals surface area (Å²) in [6, 6.07) is 2.03. The van der Waals surface area contributed by atoms with E-state index in [1.54, 1.807) is 0 Å². The summed E-state index contributed by atoms with van der Waals surface area (Å²) < 4.78 is 61.8. The second-order valence-electron chi connectivity index (χ2n) is 14.7. The van der Waals surface area contributed by atoms with Crippen LogP contribution in [-0.2, 0) is 61.7 Å². The van der Waals surface area contributed by atoms with E-state index in [1.165, 1.54) is 0 Å². The molecule has 3 rings (SSSR count). The number of nitrogens with zero attached hydrogens (tertiary/aromatic N) is 1. The van der Waals surface area contributed by atoms with Gasteiger partial charge in [0.05, 0.1) is 98.6 Å². The second kappa shape index (κ2) is 28.2. The van der Waals surface area contributed by atoms with Crippen molar-refractivity contribution < 1.29 is 66.8 Å². The van der Waals surface area contributed by atoms with Gasteiger partial charge in [-0.1, -0.05) is 26.0 Å². The first-order valence-corrected chi connectivity index (χ1v) is 20.2. The van der Waals surface area contributed by atoms with Crippen molar-refractivity contribution in [3.63, 3.8) is 0 Å². The maximum Gasteiger partial charge on any atom is 0.323 e. The van der Waals surface area contributed by atoms with Gasteiger partial charge in [0.1, 0.15) is 24.2 Å². The molecule has 0 radical (unpaired) electrons. The Morgan fingerprint density at radius 3 is 1.56 bits per heavy atom. The summed E-state index contributed by atoms with van der Waals surface area (Å²) in [6.45, 7) is 12.8. The van der Waals surface area contributed by atoms with E-state index in [-0.39, 0.29) is 61.4 Å². The lowest BCUT2D eigenvalue weighted by atomic mass is 9.88. The van der Waals surface area contributed by atoms with E-state index >= 15 is 0 Å². The van der Waals surface area contributed by atoms with Crippen LogP contribution in [0.5, 0.6) is 0 Å². The molecule has 0 amide bonds. The molecule has 0 aliphatic carbocycles. The van der Waals surface area contributed by atoms with Gasteiger partial charge in [0.2, 0.25) is 0 Å². The molecule has 15 heteroatoms. The van der Waals surface area contributed by atoms with Gasteiger partial charge >= 0.3 is 11.9 Å².